The molecule has 1 heterocycles. The number of morpholine rings is 1. The molecule has 2 rings (SSSR count). The van der Waals surface area contributed by atoms with E-state index >= 15 is 0 Å². The van der Waals surface area contributed by atoms with E-state index in [-0.39, 0.29) is 18.0 Å². The number of benzene rings is 1. The van der Waals surface area contributed by atoms with Crippen LogP contribution in [0.25, 0.3) is 0 Å². The van der Waals surface area contributed by atoms with Gasteiger partial charge in [0.15, 0.2) is 0 Å². The minimum Gasteiger partial charge on any atom is -0.406 e. The summed E-state index contributed by atoms with van der Waals surface area (Å²) in [6.07, 6.45) is -4.30. The Bertz CT molecular complexity index is 423. The van der Waals surface area contributed by atoms with E-state index in [1.54, 1.807) is 12.1 Å². The third-order valence-electron chi connectivity index (χ3n) is 3.06. The van der Waals surface area contributed by atoms with Crippen molar-refractivity contribution >= 4 is 0 Å². The Morgan fingerprint density at radius 1 is 1.15 bits per heavy atom. The number of ether oxygens (including phenoxy) is 2. The van der Waals surface area contributed by atoms with Gasteiger partial charge in [-0.25, -0.2) is 0 Å². The van der Waals surface area contributed by atoms with Crippen LogP contribution in [0.15, 0.2) is 24.3 Å². The van der Waals surface area contributed by atoms with Crippen LogP contribution in [0.3, 0.4) is 0 Å². The molecule has 0 N–H and O–H groups in total. The van der Waals surface area contributed by atoms with Crippen LogP contribution >= 0.6 is 0 Å². The Balaban J connectivity index is 1.93. The minimum atomic E-state index is -4.64. The number of rotatable bonds is 3. The fourth-order valence-corrected chi connectivity index (χ4v) is 2.47. The van der Waals surface area contributed by atoms with Gasteiger partial charge < -0.3 is 9.47 Å². The average molecular weight is 289 g/mol. The van der Waals surface area contributed by atoms with Crippen molar-refractivity contribution < 1.29 is 22.6 Å². The lowest BCUT2D eigenvalue weighted by atomic mass is 10.1. The van der Waals surface area contributed by atoms with Crippen molar-refractivity contribution in [3.63, 3.8) is 0 Å². The lowest BCUT2D eigenvalue weighted by Gasteiger charge is -2.35. The highest BCUT2D eigenvalue weighted by Crippen LogP contribution is 2.23. The lowest BCUT2D eigenvalue weighted by molar-refractivity contribution is -0.274. The molecule has 112 valence electrons. The summed E-state index contributed by atoms with van der Waals surface area (Å²) in [6, 6.07) is 6.00. The highest BCUT2D eigenvalue weighted by molar-refractivity contribution is 5.27. The molecule has 0 unspecified atom stereocenters. The van der Waals surface area contributed by atoms with Crippen molar-refractivity contribution in [2.45, 2.75) is 39.0 Å². The third kappa shape index (κ3) is 4.68. The fraction of sp³-hybridized carbons (Fsp3) is 0.571. The van der Waals surface area contributed by atoms with Crippen LogP contribution in [0.1, 0.15) is 19.4 Å². The maximum Gasteiger partial charge on any atom is 0.573 e. The SMILES string of the molecule is C[C@H]1CN(Cc2ccc(OC(F)(F)F)cc2)C[C@H](C)O1. The number of halogens is 3. The zero-order valence-electron chi connectivity index (χ0n) is 11.5. The molecule has 0 saturated carbocycles. The van der Waals surface area contributed by atoms with E-state index in [2.05, 4.69) is 9.64 Å². The topological polar surface area (TPSA) is 21.7 Å². The third-order valence-corrected chi connectivity index (χ3v) is 3.06. The first kappa shape index (κ1) is 15.1. The molecule has 1 aromatic rings. The molecule has 1 saturated heterocycles. The zero-order valence-corrected chi connectivity index (χ0v) is 11.5. The second kappa shape index (κ2) is 6.01. The first-order valence-corrected chi connectivity index (χ1v) is 6.54. The van der Waals surface area contributed by atoms with Crippen molar-refractivity contribution in [1.82, 2.24) is 4.90 Å². The van der Waals surface area contributed by atoms with Crippen LogP contribution in [-0.4, -0.2) is 36.6 Å². The second-order valence-electron chi connectivity index (χ2n) is 5.14. The molecule has 0 amide bonds. The van der Waals surface area contributed by atoms with E-state index in [9.17, 15) is 13.2 Å². The molecule has 0 aliphatic carbocycles. The molecule has 20 heavy (non-hydrogen) atoms. The molecule has 0 radical (unpaired) electrons. The van der Waals surface area contributed by atoms with Crippen molar-refractivity contribution in [1.29, 1.82) is 0 Å². The molecule has 1 aliphatic heterocycles. The van der Waals surface area contributed by atoms with Gasteiger partial charge in [0.2, 0.25) is 0 Å². The molecule has 1 aliphatic rings. The Morgan fingerprint density at radius 3 is 2.20 bits per heavy atom. The van der Waals surface area contributed by atoms with Crippen LogP contribution in [0.2, 0.25) is 0 Å². The van der Waals surface area contributed by atoms with E-state index in [1.807, 2.05) is 13.8 Å². The monoisotopic (exact) mass is 289 g/mol. The standard InChI is InChI=1S/C14H18F3NO2/c1-10-7-18(8-11(2)19-10)9-12-3-5-13(6-4-12)20-14(15,16)17/h3-6,10-11H,7-9H2,1-2H3/t10-,11-/m0/s1. The summed E-state index contributed by atoms with van der Waals surface area (Å²) in [6.45, 7) is 6.38. The van der Waals surface area contributed by atoms with Crippen LogP contribution in [0.4, 0.5) is 13.2 Å². The maximum atomic E-state index is 12.1. The zero-order chi connectivity index (χ0) is 14.8. The maximum absolute atomic E-state index is 12.1. The van der Waals surface area contributed by atoms with E-state index in [0.29, 0.717) is 6.54 Å². The van der Waals surface area contributed by atoms with Gasteiger partial charge in [0.05, 0.1) is 12.2 Å². The summed E-state index contributed by atoms with van der Waals surface area (Å²) in [5.74, 6) is -0.190. The van der Waals surface area contributed by atoms with Gasteiger partial charge in [-0.1, -0.05) is 12.1 Å². The van der Waals surface area contributed by atoms with E-state index in [4.69, 9.17) is 4.74 Å². The van der Waals surface area contributed by atoms with Crippen LogP contribution in [-0.2, 0) is 11.3 Å². The Kier molecular flexibility index (Phi) is 4.55. The highest BCUT2D eigenvalue weighted by Gasteiger charge is 2.31. The van der Waals surface area contributed by atoms with Crippen molar-refractivity contribution in [2.75, 3.05) is 13.1 Å². The molecule has 3 nitrogen and oxygen atoms in total. The van der Waals surface area contributed by atoms with Gasteiger partial charge in [-0.3, -0.25) is 4.90 Å². The molecule has 0 aromatic heterocycles. The van der Waals surface area contributed by atoms with Crippen LogP contribution in [0.5, 0.6) is 5.75 Å². The largest absolute Gasteiger partial charge is 0.573 e. The summed E-state index contributed by atoms with van der Waals surface area (Å²) >= 11 is 0. The first-order chi connectivity index (χ1) is 9.32. The lowest BCUT2D eigenvalue weighted by Crippen LogP contribution is -2.44. The Hall–Kier alpha value is -1.27. The average Bonchev–Trinajstić information content (AvgIpc) is 2.28. The van der Waals surface area contributed by atoms with Gasteiger partial charge in [0.25, 0.3) is 0 Å². The normalized spacial score (nSPS) is 24.6. The number of hydrogen-bond acceptors (Lipinski definition) is 3. The van der Waals surface area contributed by atoms with Crippen LogP contribution < -0.4 is 4.74 Å². The summed E-state index contributed by atoms with van der Waals surface area (Å²) < 4.78 is 45.7. The van der Waals surface area contributed by atoms with Crippen LogP contribution in [0, 0.1) is 0 Å². The Morgan fingerprint density at radius 2 is 1.70 bits per heavy atom. The Labute approximate surface area is 116 Å². The van der Waals surface area contributed by atoms with E-state index in [0.717, 1.165) is 18.7 Å². The molecule has 1 fully saturated rings. The van der Waals surface area contributed by atoms with Gasteiger partial charge >= 0.3 is 6.36 Å². The van der Waals surface area contributed by atoms with E-state index < -0.39 is 6.36 Å². The molecule has 0 bridgehead atoms. The second-order valence-corrected chi connectivity index (χ2v) is 5.14. The number of hydrogen-bond donors (Lipinski definition) is 0. The first-order valence-electron chi connectivity index (χ1n) is 6.54. The molecule has 0 spiro atoms. The highest BCUT2D eigenvalue weighted by atomic mass is 19.4. The van der Waals surface area contributed by atoms with Gasteiger partial charge in [0, 0.05) is 19.6 Å². The quantitative estimate of drug-likeness (QED) is 0.853. The predicted molar refractivity (Wildman–Crippen MR) is 68.4 cm³/mol. The summed E-state index contributed by atoms with van der Waals surface area (Å²) in [5.41, 5.74) is 0.959. The van der Waals surface area contributed by atoms with Crippen molar-refractivity contribution in [2.24, 2.45) is 0 Å². The van der Waals surface area contributed by atoms with Gasteiger partial charge in [-0.05, 0) is 31.5 Å². The van der Waals surface area contributed by atoms with Gasteiger partial charge in [-0.15, -0.1) is 13.2 Å². The van der Waals surface area contributed by atoms with Crippen molar-refractivity contribution in [3.05, 3.63) is 29.8 Å². The molecular formula is C14H18F3NO2. The van der Waals surface area contributed by atoms with Gasteiger partial charge in [0.1, 0.15) is 5.75 Å². The smallest absolute Gasteiger partial charge is 0.406 e. The number of nitrogens with zero attached hydrogens (tertiary/aromatic N) is 1. The summed E-state index contributed by atoms with van der Waals surface area (Å²) in [5, 5.41) is 0. The predicted octanol–water partition coefficient (Wildman–Crippen LogP) is 3.19. The van der Waals surface area contributed by atoms with Crippen molar-refractivity contribution in [3.8, 4) is 5.75 Å². The molecule has 2 atom stereocenters. The molecule has 1 aromatic carbocycles. The minimum absolute atomic E-state index is 0.173. The summed E-state index contributed by atoms with van der Waals surface area (Å²) in [7, 11) is 0. The summed E-state index contributed by atoms with van der Waals surface area (Å²) in [4.78, 5) is 2.23. The van der Waals surface area contributed by atoms with Gasteiger partial charge in [-0.2, -0.15) is 0 Å². The van der Waals surface area contributed by atoms with E-state index in [1.165, 1.54) is 12.1 Å². The number of alkyl halides is 3. The fourth-order valence-electron chi connectivity index (χ4n) is 2.47. The molecular weight excluding hydrogens is 271 g/mol. The molecule has 6 heteroatoms.